The van der Waals surface area contributed by atoms with Gasteiger partial charge in [0.05, 0.1) is 0 Å². The first-order chi connectivity index (χ1) is 12.7. The third-order valence-electron chi connectivity index (χ3n) is 5.69. The molecule has 2 aliphatic rings. The number of benzene rings is 1. The van der Waals surface area contributed by atoms with E-state index in [1.54, 1.807) is 12.1 Å². The van der Waals surface area contributed by atoms with E-state index in [1.807, 2.05) is 0 Å². The molecule has 134 valence electrons. The average molecular weight is 349 g/mol. The summed E-state index contributed by atoms with van der Waals surface area (Å²) in [7, 11) is 0. The Morgan fingerprint density at radius 2 is 1.88 bits per heavy atom. The summed E-state index contributed by atoms with van der Waals surface area (Å²) in [6, 6.07) is 9.00. The lowest BCUT2D eigenvalue weighted by Crippen LogP contribution is -2.32. The van der Waals surface area contributed by atoms with Crippen molar-refractivity contribution in [3.8, 4) is 17.2 Å². The van der Waals surface area contributed by atoms with Crippen molar-refractivity contribution in [3.05, 3.63) is 46.9 Å². The fourth-order valence-electron chi connectivity index (χ4n) is 4.29. The van der Waals surface area contributed by atoms with Crippen LogP contribution in [0, 0.1) is 23.1 Å². The fraction of sp³-hybridized carbons (Fsp3) is 0.455. The van der Waals surface area contributed by atoms with Crippen LogP contribution in [-0.2, 0) is 12.8 Å². The number of fused-ring (bicyclic) bond motifs is 1. The lowest BCUT2D eigenvalue weighted by molar-refractivity contribution is 0.493. The molecule has 4 heteroatoms. The number of rotatable bonds is 2. The minimum atomic E-state index is -0.250. The van der Waals surface area contributed by atoms with Crippen LogP contribution in [0.3, 0.4) is 0 Å². The molecule has 0 amide bonds. The van der Waals surface area contributed by atoms with E-state index in [0.29, 0.717) is 11.5 Å². The number of aryl methyl sites for hydroxylation is 1. The molecule has 1 fully saturated rings. The Labute approximate surface area is 154 Å². The molecule has 26 heavy (non-hydrogen) atoms. The molecule has 2 aromatic rings. The maximum Gasteiger partial charge on any atom is 0.147 e. The van der Waals surface area contributed by atoms with Gasteiger partial charge in [0.1, 0.15) is 23.3 Å². The number of pyridine rings is 1. The summed E-state index contributed by atoms with van der Waals surface area (Å²) in [5.74, 6) is 1.16. The summed E-state index contributed by atoms with van der Waals surface area (Å²) in [4.78, 5) is 7.25. The van der Waals surface area contributed by atoms with Gasteiger partial charge in [-0.25, -0.2) is 9.37 Å². The minimum absolute atomic E-state index is 0.250. The Kier molecular flexibility index (Phi) is 4.63. The summed E-state index contributed by atoms with van der Waals surface area (Å²) in [6.07, 6.45) is 6.56. The second kappa shape index (κ2) is 7.07. The summed E-state index contributed by atoms with van der Waals surface area (Å²) in [5, 5.41) is 10.0. The van der Waals surface area contributed by atoms with Gasteiger partial charge in [0, 0.05) is 24.3 Å². The van der Waals surface area contributed by atoms with Crippen molar-refractivity contribution in [2.24, 2.45) is 5.92 Å². The number of piperidine rings is 1. The summed E-state index contributed by atoms with van der Waals surface area (Å²) in [5.41, 5.74) is 4.87. The van der Waals surface area contributed by atoms with Crippen LogP contribution in [0.1, 0.15) is 49.4 Å². The van der Waals surface area contributed by atoms with E-state index in [1.165, 1.54) is 24.1 Å². The predicted molar refractivity (Wildman–Crippen MR) is 102 cm³/mol. The molecule has 3 nitrogen and oxygen atoms in total. The van der Waals surface area contributed by atoms with Gasteiger partial charge >= 0.3 is 0 Å². The normalized spacial score (nSPS) is 19.7. The summed E-state index contributed by atoms with van der Waals surface area (Å²) < 4.78 is 13.5. The Hall–Kier alpha value is -2.41. The first kappa shape index (κ1) is 17.0. The first-order valence-corrected chi connectivity index (χ1v) is 9.64. The molecule has 1 unspecified atom stereocenters. The number of halogens is 1. The smallest absolute Gasteiger partial charge is 0.147 e. The molecule has 0 radical (unpaired) electrons. The zero-order valence-corrected chi connectivity index (χ0v) is 15.3. The topological polar surface area (TPSA) is 39.9 Å². The lowest BCUT2D eigenvalue weighted by Gasteiger charge is -2.32. The lowest BCUT2D eigenvalue weighted by atomic mass is 9.82. The molecule has 0 bridgehead atoms. The molecule has 4 rings (SSSR count). The van der Waals surface area contributed by atoms with Crippen molar-refractivity contribution in [3.63, 3.8) is 0 Å². The van der Waals surface area contributed by atoms with Crippen LogP contribution >= 0.6 is 0 Å². The highest BCUT2D eigenvalue weighted by molar-refractivity contribution is 5.80. The minimum Gasteiger partial charge on any atom is -0.355 e. The third-order valence-corrected chi connectivity index (χ3v) is 5.69. The molecule has 0 N–H and O–H groups in total. The number of hydrogen-bond donors (Lipinski definition) is 0. The van der Waals surface area contributed by atoms with E-state index < -0.39 is 0 Å². The summed E-state index contributed by atoms with van der Waals surface area (Å²) in [6.45, 7) is 4.17. The van der Waals surface area contributed by atoms with Gasteiger partial charge in [0.2, 0.25) is 0 Å². The highest BCUT2D eigenvalue weighted by Gasteiger charge is 2.28. The van der Waals surface area contributed by atoms with Gasteiger partial charge in [-0.1, -0.05) is 19.1 Å². The van der Waals surface area contributed by atoms with Gasteiger partial charge in [0.25, 0.3) is 0 Å². The van der Waals surface area contributed by atoms with Crippen molar-refractivity contribution in [2.45, 2.75) is 45.4 Å². The first-order valence-electron chi connectivity index (χ1n) is 9.64. The quantitative estimate of drug-likeness (QED) is 0.776. The third kappa shape index (κ3) is 3.07. The molecular weight excluding hydrogens is 325 g/mol. The van der Waals surface area contributed by atoms with Gasteiger partial charge in [-0.15, -0.1) is 0 Å². The number of anilines is 1. The standard InChI is InChI=1S/C22H24FN3/c1-15-5-10-20-18(13-15)21(16-6-8-17(23)9-7-16)19(14-24)22(25-20)26-11-3-2-4-12-26/h6-9,15H,2-5,10-13H2,1H3. The molecule has 1 atom stereocenters. The van der Waals surface area contributed by atoms with Crippen molar-refractivity contribution < 1.29 is 4.39 Å². The van der Waals surface area contributed by atoms with Crippen LogP contribution in [0.5, 0.6) is 0 Å². The second-order valence-corrected chi connectivity index (χ2v) is 7.63. The van der Waals surface area contributed by atoms with Gasteiger partial charge in [-0.05, 0) is 67.7 Å². The monoisotopic (exact) mass is 349 g/mol. The number of nitrogens with zero attached hydrogens (tertiary/aromatic N) is 3. The Balaban J connectivity index is 1.93. The molecule has 0 spiro atoms. The van der Waals surface area contributed by atoms with E-state index >= 15 is 0 Å². The van der Waals surface area contributed by atoms with Gasteiger partial charge < -0.3 is 4.90 Å². The highest BCUT2D eigenvalue weighted by atomic mass is 19.1. The number of hydrogen-bond acceptors (Lipinski definition) is 3. The molecule has 0 saturated carbocycles. The van der Waals surface area contributed by atoms with Gasteiger partial charge in [-0.3, -0.25) is 0 Å². The average Bonchev–Trinajstić information content (AvgIpc) is 2.68. The molecule has 2 heterocycles. The van der Waals surface area contributed by atoms with Crippen molar-refractivity contribution in [1.82, 2.24) is 4.98 Å². The van der Waals surface area contributed by atoms with Crippen LogP contribution in [0.15, 0.2) is 24.3 Å². The van der Waals surface area contributed by atoms with Crippen LogP contribution in [0.4, 0.5) is 10.2 Å². The number of aromatic nitrogens is 1. The Bertz CT molecular complexity index is 845. The van der Waals surface area contributed by atoms with Crippen molar-refractivity contribution >= 4 is 5.82 Å². The fourth-order valence-corrected chi connectivity index (χ4v) is 4.29. The zero-order chi connectivity index (χ0) is 18.1. The van der Waals surface area contributed by atoms with Crippen LogP contribution < -0.4 is 4.90 Å². The van der Waals surface area contributed by atoms with Crippen molar-refractivity contribution in [2.75, 3.05) is 18.0 Å². The zero-order valence-electron chi connectivity index (χ0n) is 15.3. The largest absolute Gasteiger partial charge is 0.355 e. The van der Waals surface area contributed by atoms with E-state index in [0.717, 1.165) is 67.8 Å². The van der Waals surface area contributed by atoms with Crippen LogP contribution in [0.2, 0.25) is 0 Å². The van der Waals surface area contributed by atoms with E-state index in [2.05, 4.69) is 17.9 Å². The predicted octanol–water partition coefficient (Wildman–Crippen LogP) is 4.87. The number of nitriles is 1. The van der Waals surface area contributed by atoms with Crippen molar-refractivity contribution in [1.29, 1.82) is 5.26 Å². The maximum atomic E-state index is 13.5. The van der Waals surface area contributed by atoms with Crippen LogP contribution in [-0.4, -0.2) is 18.1 Å². The maximum absolute atomic E-state index is 13.5. The van der Waals surface area contributed by atoms with E-state index in [9.17, 15) is 9.65 Å². The summed E-state index contributed by atoms with van der Waals surface area (Å²) >= 11 is 0. The second-order valence-electron chi connectivity index (χ2n) is 7.63. The molecular formula is C22H24FN3. The molecule has 1 aromatic carbocycles. The highest BCUT2D eigenvalue weighted by Crippen LogP contribution is 2.39. The van der Waals surface area contributed by atoms with Crippen LogP contribution in [0.25, 0.3) is 11.1 Å². The van der Waals surface area contributed by atoms with E-state index in [4.69, 9.17) is 4.98 Å². The molecule has 1 aromatic heterocycles. The molecule has 1 saturated heterocycles. The molecule has 1 aliphatic heterocycles. The SMILES string of the molecule is CC1CCc2nc(N3CCCCC3)c(C#N)c(-c3ccc(F)cc3)c2C1. The Morgan fingerprint density at radius 1 is 1.15 bits per heavy atom. The Morgan fingerprint density at radius 3 is 2.58 bits per heavy atom. The van der Waals surface area contributed by atoms with Gasteiger partial charge in [-0.2, -0.15) is 5.26 Å². The van der Waals surface area contributed by atoms with E-state index in [-0.39, 0.29) is 5.82 Å². The van der Waals surface area contributed by atoms with Gasteiger partial charge in [0.15, 0.2) is 0 Å². The molecule has 1 aliphatic carbocycles.